The van der Waals surface area contributed by atoms with Crippen molar-refractivity contribution in [2.75, 3.05) is 13.2 Å². The third kappa shape index (κ3) is 3.48. The van der Waals surface area contributed by atoms with Crippen molar-refractivity contribution in [2.45, 2.75) is 18.9 Å². The second kappa shape index (κ2) is 6.10. The van der Waals surface area contributed by atoms with Crippen LogP contribution in [0.25, 0.3) is 0 Å². The Labute approximate surface area is 99.2 Å². The van der Waals surface area contributed by atoms with E-state index in [4.69, 9.17) is 4.74 Å². The molecule has 2 rings (SSSR count). The molecule has 0 aromatic carbocycles. The van der Waals surface area contributed by atoms with Gasteiger partial charge in [-0.05, 0) is 24.3 Å². The molecule has 1 N–H and O–H groups in total. The first-order valence-electron chi connectivity index (χ1n) is 4.78. The Morgan fingerprint density at radius 1 is 1.47 bits per heavy atom. The van der Waals surface area contributed by atoms with E-state index in [1.165, 1.54) is 11.3 Å². The molecule has 0 radical (unpaired) electrons. The van der Waals surface area contributed by atoms with Crippen molar-refractivity contribution in [1.29, 1.82) is 0 Å². The van der Waals surface area contributed by atoms with E-state index in [0.29, 0.717) is 6.04 Å². The van der Waals surface area contributed by atoms with Gasteiger partial charge in [0.05, 0.1) is 4.88 Å². The molecule has 15 heavy (non-hydrogen) atoms. The Bertz CT molecular complexity index is 296. The molecule has 0 aliphatic carbocycles. The van der Waals surface area contributed by atoms with Crippen LogP contribution in [-0.4, -0.2) is 25.2 Å². The van der Waals surface area contributed by atoms with Crippen molar-refractivity contribution in [3.05, 3.63) is 22.4 Å². The van der Waals surface area contributed by atoms with E-state index in [0.717, 1.165) is 30.9 Å². The van der Waals surface area contributed by atoms with Crippen molar-refractivity contribution in [1.82, 2.24) is 5.32 Å². The highest BCUT2D eigenvalue weighted by molar-refractivity contribution is 7.12. The number of carbonyl (C=O) groups excluding carboxylic acids is 1. The first-order chi connectivity index (χ1) is 6.86. The lowest BCUT2D eigenvalue weighted by atomic mass is 10.1. The standard InChI is InChI=1S/C10H13NO2S.ClH/c12-10(9-2-1-7-14-9)11-8-3-5-13-6-4-8;/h1-2,7-8H,3-6H2,(H,11,12);1H. The third-order valence-electron chi connectivity index (χ3n) is 2.30. The summed E-state index contributed by atoms with van der Waals surface area (Å²) < 4.78 is 5.22. The van der Waals surface area contributed by atoms with Gasteiger partial charge in [-0.15, -0.1) is 23.7 Å². The molecule has 0 bridgehead atoms. The van der Waals surface area contributed by atoms with Gasteiger partial charge in [0.25, 0.3) is 5.91 Å². The Kier molecular flexibility index (Phi) is 5.08. The molecule has 0 spiro atoms. The van der Waals surface area contributed by atoms with Crippen molar-refractivity contribution in [2.24, 2.45) is 0 Å². The van der Waals surface area contributed by atoms with Crippen LogP contribution in [0.1, 0.15) is 22.5 Å². The minimum absolute atomic E-state index is 0. The zero-order valence-electron chi connectivity index (χ0n) is 8.27. The van der Waals surface area contributed by atoms with E-state index in [1.807, 2.05) is 17.5 Å². The zero-order valence-corrected chi connectivity index (χ0v) is 9.90. The summed E-state index contributed by atoms with van der Waals surface area (Å²) in [6.45, 7) is 1.52. The van der Waals surface area contributed by atoms with Crippen molar-refractivity contribution < 1.29 is 9.53 Å². The molecule has 84 valence electrons. The number of ether oxygens (including phenoxy) is 1. The Hall–Kier alpha value is -0.580. The monoisotopic (exact) mass is 247 g/mol. The summed E-state index contributed by atoms with van der Waals surface area (Å²) in [5.41, 5.74) is 0. The van der Waals surface area contributed by atoms with Crippen molar-refractivity contribution in [3.8, 4) is 0 Å². The summed E-state index contributed by atoms with van der Waals surface area (Å²) in [5, 5.41) is 4.93. The van der Waals surface area contributed by atoms with Gasteiger partial charge in [0.2, 0.25) is 0 Å². The Balaban J connectivity index is 0.00000112. The van der Waals surface area contributed by atoms with Gasteiger partial charge in [-0.1, -0.05) is 6.07 Å². The maximum absolute atomic E-state index is 11.6. The molecule has 1 aromatic heterocycles. The van der Waals surface area contributed by atoms with Gasteiger partial charge < -0.3 is 10.1 Å². The second-order valence-electron chi connectivity index (χ2n) is 3.34. The number of halogens is 1. The average molecular weight is 248 g/mol. The SMILES string of the molecule is Cl.O=C(NC1CCOCC1)c1cccs1. The predicted octanol–water partition coefficient (Wildman–Crippen LogP) is 2.08. The van der Waals surface area contributed by atoms with E-state index in [1.54, 1.807) is 0 Å². The Morgan fingerprint density at radius 3 is 2.80 bits per heavy atom. The van der Waals surface area contributed by atoms with Crippen LogP contribution in [0.2, 0.25) is 0 Å². The van der Waals surface area contributed by atoms with E-state index in [-0.39, 0.29) is 18.3 Å². The average Bonchev–Trinajstić information content (AvgIpc) is 2.72. The summed E-state index contributed by atoms with van der Waals surface area (Å²) in [6, 6.07) is 4.03. The fourth-order valence-corrected chi connectivity index (χ4v) is 2.13. The molecule has 1 aliphatic rings. The van der Waals surface area contributed by atoms with Gasteiger partial charge in [0, 0.05) is 19.3 Å². The summed E-state index contributed by atoms with van der Waals surface area (Å²) >= 11 is 1.48. The zero-order chi connectivity index (χ0) is 9.80. The number of nitrogens with one attached hydrogen (secondary N) is 1. The van der Waals surface area contributed by atoms with Crippen LogP contribution < -0.4 is 5.32 Å². The first-order valence-corrected chi connectivity index (χ1v) is 5.66. The van der Waals surface area contributed by atoms with E-state index in [2.05, 4.69) is 5.32 Å². The van der Waals surface area contributed by atoms with Crippen LogP contribution in [0.3, 0.4) is 0 Å². The van der Waals surface area contributed by atoms with Gasteiger partial charge in [-0.3, -0.25) is 4.79 Å². The number of carbonyl (C=O) groups is 1. The van der Waals surface area contributed by atoms with Gasteiger partial charge in [-0.25, -0.2) is 0 Å². The maximum Gasteiger partial charge on any atom is 0.261 e. The lowest BCUT2D eigenvalue weighted by Gasteiger charge is -2.22. The normalized spacial score (nSPS) is 16.8. The molecular formula is C10H14ClNO2S. The minimum Gasteiger partial charge on any atom is -0.381 e. The summed E-state index contributed by atoms with van der Waals surface area (Å²) in [6.07, 6.45) is 1.86. The fourth-order valence-electron chi connectivity index (χ4n) is 1.51. The highest BCUT2D eigenvalue weighted by Gasteiger charge is 2.16. The quantitative estimate of drug-likeness (QED) is 0.869. The van der Waals surface area contributed by atoms with Gasteiger partial charge in [-0.2, -0.15) is 0 Å². The molecule has 5 heteroatoms. The molecule has 1 fully saturated rings. The van der Waals surface area contributed by atoms with Crippen LogP contribution in [0, 0.1) is 0 Å². The molecule has 1 saturated heterocycles. The smallest absolute Gasteiger partial charge is 0.261 e. The molecule has 0 unspecified atom stereocenters. The molecule has 0 saturated carbocycles. The molecule has 0 atom stereocenters. The third-order valence-corrected chi connectivity index (χ3v) is 3.17. The number of hydrogen-bond acceptors (Lipinski definition) is 3. The molecule has 1 amide bonds. The van der Waals surface area contributed by atoms with Crippen LogP contribution in [-0.2, 0) is 4.74 Å². The largest absolute Gasteiger partial charge is 0.381 e. The molecule has 3 nitrogen and oxygen atoms in total. The number of rotatable bonds is 2. The van der Waals surface area contributed by atoms with E-state index < -0.39 is 0 Å². The van der Waals surface area contributed by atoms with Gasteiger partial charge in [0.15, 0.2) is 0 Å². The minimum atomic E-state index is 0. The van der Waals surface area contributed by atoms with Crippen LogP contribution in [0.4, 0.5) is 0 Å². The van der Waals surface area contributed by atoms with Crippen LogP contribution in [0.15, 0.2) is 17.5 Å². The van der Waals surface area contributed by atoms with Crippen LogP contribution in [0.5, 0.6) is 0 Å². The predicted molar refractivity (Wildman–Crippen MR) is 62.9 cm³/mol. The fraction of sp³-hybridized carbons (Fsp3) is 0.500. The Morgan fingerprint density at radius 2 is 2.20 bits per heavy atom. The summed E-state index contributed by atoms with van der Waals surface area (Å²) in [7, 11) is 0. The summed E-state index contributed by atoms with van der Waals surface area (Å²) in [4.78, 5) is 12.4. The lowest BCUT2D eigenvalue weighted by molar-refractivity contribution is 0.0698. The van der Waals surface area contributed by atoms with Crippen molar-refractivity contribution in [3.63, 3.8) is 0 Å². The summed E-state index contributed by atoms with van der Waals surface area (Å²) in [5.74, 6) is 0.0481. The van der Waals surface area contributed by atoms with E-state index in [9.17, 15) is 4.79 Å². The molecule has 1 aromatic rings. The number of hydrogen-bond donors (Lipinski definition) is 1. The lowest BCUT2D eigenvalue weighted by Crippen LogP contribution is -2.38. The molecule has 2 heterocycles. The van der Waals surface area contributed by atoms with E-state index >= 15 is 0 Å². The molecule has 1 aliphatic heterocycles. The van der Waals surface area contributed by atoms with Gasteiger partial charge >= 0.3 is 0 Å². The van der Waals surface area contributed by atoms with Crippen molar-refractivity contribution >= 4 is 29.7 Å². The first kappa shape index (κ1) is 12.5. The van der Waals surface area contributed by atoms with Crippen LogP contribution >= 0.6 is 23.7 Å². The van der Waals surface area contributed by atoms with Gasteiger partial charge in [0.1, 0.15) is 0 Å². The maximum atomic E-state index is 11.6. The molecular weight excluding hydrogens is 234 g/mol. The topological polar surface area (TPSA) is 38.3 Å². The number of amides is 1. The highest BCUT2D eigenvalue weighted by atomic mass is 35.5. The highest BCUT2D eigenvalue weighted by Crippen LogP contribution is 2.11. The number of thiophene rings is 1. The second-order valence-corrected chi connectivity index (χ2v) is 4.29.